The first-order valence-electron chi connectivity index (χ1n) is 16.1. The Bertz CT molecular complexity index is 1910. The Morgan fingerprint density at radius 3 is 2.64 bits per heavy atom. The number of benzene rings is 2. The lowest BCUT2D eigenvalue weighted by molar-refractivity contribution is -0.134. The minimum atomic E-state index is -0.430. The molecule has 3 amide bonds. The molecule has 12 nitrogen and oxygen atoms in total. The van der Waals surface area contributed by atoms with Crippen LogP contribution in [0.1, 0.15) is 57.2 Å². The van der Waals surface area contributed by atoms with E-state index in [1.165, 1.54) is 0 Å². The fourth-order valence-electron chi connectivity index (χ4n) is 7.07. The van der Waals surface area contributed by atoms with Gasteiger partial charge in [0, 0.05) is 61.1 Å². The molecule has 0 radical (unpaired) electrons. The number of nitrogens with zero attached hydrogens (tertiary/aromatic N) is 6. The number of aromatic nitrogens is 4. The van der Waals surface area contributed by atoms with Crippen molar-refractivity contribution in [1.29, 1.82) is 0 Å². The van der Waals surface area contributed by atoms with Crippen LogP contribution in [0.15, 0.2) is 42.6 Å². The summed E-state index contributed by atoms with van der Waals surface area (Å²) < 4.78 is 1.80. The van der Waals surface area contributed by atoms with Crippen LogP contribution in [0.25, 0.3) is 10.9 Å². The molecular formula is C34H38ClN9O3. The lowest BCUT2D eigenvalue weighted by Crippen LogP contribution is -2.46. The van der Waals surface area contributed by atoms with Gasteiger partial charge in [0.1, 0.15) is 5.02 Å². The van der Waals surface area contributed by atoms with E-state index in [9.17, 15) is 14.4 Å². The number of fused-ring (bicyclic) bond motifs is 2. The van der Waals surface area contributed by atoms with Crippen LogP contribution in [0.4, 0.5) is 28.8 Å². The second-order valence-corrected chi connectivity index (χ2v) is 13.5. The quantitative estimate of drug-likeness (QED) is 0.237. The molecule has 2 saturated heterocycles. The van der Waals surface area contributed by atoms with Crippen molar-refractivity contribution in [2.24, 2.45) is 13.0 Å². The van der Waals surface area contributed by atoms with E-state index in [1.54, 1.807) is 10.9 Å². The number of carbonyl (C=O) groups is 3. The molecule has 0 bridgehead atoms. The zero-order chi connectivity index (χ0) is 33.0. The predicted molar refractivity (Wildman–Crippen MR) is 182 cm³/mol. The van der Waals surface area contributed by atoms with Gasteiger partial charge in [0.2, 0.25) is 23.7 Å². The topological polar surface area (TPSA) is 137 Å². The van der Waals surface area contributed by atoms with Crippen molar-refractivity contribution in [3.05, 3.63) is 58.9 Å². The zero-order valence-corrected chi connectivity index (χ0v) is 27.6. The van der Waals surface area contributed by atoms with Crippen LogP contribution < -0.4 is 25.8 Å². The minimum absolute atomic E-state index is 0.105. The largest absolute Gasteiger partial charge is 0.382 e. The molecule has 5 heterocycles. The molecule has 47 heavy (non-hydrogen) atoms. The Morgan fingerprint density at radius 1 is 1.06 bits per heavy atom. The number of hydrogen-bond donors (Lipinski definition) is 3. The number of imide groups is 1. The number of carbonyl (C=O) groups excluding carboxylic acids is 3. The molecule has 3 atom stereocenters. The van der Waals surface area contributed by atoms with Gasteiger partial charge in [-0.25, -0.2) is 4.98 Å². The van der Waals surface area contributed by atoms with Gasteiger partial charge in [0.25, 0.3) is 0 Å². The van der Waals surface area contributed by atoms with Gasteiger partial charge < -0.3 is 20.4 Å². The van der Waals surface area contributed by atoms with E-state index in [4.69, 9.17) is 16.6 Å². The van der Waals surface area contributed by atoms with Crippen LogP contribution in [0.5, 0.6) is 0 Å². The first kappa shape index (κ1) is 30.9. The highest BCUT2D eigenvalue weighted by atomic mass is 35.5. The number of rotatable bonds is 7. The van der Waals surface area contributed by atoms with Crippen molar-refractivity contribution in [2.45, 2.75) is 64.5 Å². The predicted octanol–water partition coefficient (Wildman–Crippen LogP) is 4.90. The Kier molecular flexibility index (Phi) is 7.99. The molecule has 3 aliphatic heterocycles. The van der Waals surface area contributed by atoms with E-state index >= 15 is 0 Å². The van der Waals surface area contributed by atoms with E-state index in [0.29, 0.717) is 47.7 Å². The third-order valence-corrected chi connectivity index (χ3v) is 9.73. The van der Waals surface area contributed by atoms with Crippen LogP contribution in [-0.2, 0) is 27.9 Å². The SMILES string of the molecule is CC(C)N1C(=O)Cc2cc(Nc3nc(N4CC[C@@H](Nc5ccc6c(C7CCC(=O)NC7=O)nn(C)c6c5)[C@H](C)C4)ncc3Cl)ccc21. The number of aryl methyl sites for hydroxylation is 1. The summed E-state index contributed by atoms with van der Waals surface area (Å²) in [5.41, 5.74) is 5.39. The Balaban J connectivity index is 1.02. The van der Waals surface area contributed by atoms with Gasteiger partial charge in [-0.3, -0.25) is 24.4 Å². The molecule has 3 N–H and O–H groups in total. The molecule has 0 saturated carbocycles. The maximum atomic E-state index is 12.5. The van der Waals surface area contributed by atoms with E-state index < -0.39 is 5.92 Å². The third-order valence-electron chi connectivity index (χ3n) is 9.45. The molecule has 2 aromatic carbocycles. The Hall–Kier alpha value is -4.71. The summed E-state index contributed by atoms with van der Waals surface area (Å²) in [6.07, 6.45) is 3.68. The third kappa shape index (κ3) is 5.86. The molecular weight excluding hydrogens is 618 g/mol. The van der Waals surface area contributed by atoms with Crippen molar-refractivity contribution in [3.63, 3.8) is 0 Å². The summed E-state index contributed by atoms with van der Waals surface area (Å²) in [5, 5.41) is 15.5. The highest BCUT2D eigenvalue weighted by molar-refractivity contribution is 6.33. The Labute approximate surface area is 277 Å². The molecule has 244 valence electrons. The molecule has 4 aromatic rings. The van der Waals surface area contributed by atoms with E-state index in [0.717, 1.165) is 53.0 Å². The van der Waals surface area contributed by atoms with Crippen LogP contribution in [-0.4, -0.2) is 62.6 Å². The van der Waals surface area contributed by atoms with Gasteiger partial charge in [-0.15, -0.1) is 0 Å². The van der Waals surface area contributed by atoms with Crippen LogP contribution in [0, 0.1) is 5.92 Å². The molecule has 3 aliphatic rings. The molecule has 0 aliphatic carbocycles. The monoisotopic (exact) mass is 655 g/mol. The lowest BCUT2D eigenvalue weighted by Gasteiger charge is -2.37. The minimum Gasteiger partial charge on any atom is -0.382 e. The van der Waals surface area contributed by atoms with Crippen LogP contribution in [0.2, 0.25) is 5.02 Å². The average Bonchev–Trinajstić information content (AvgIpc) is 3.54. The van der Waals surface area contributed by atoms with E-state index in [-0.39, 0.29) is 29.8 Å². The first-order chi connectivity index (χ1) is 22.5. The number of halogens is 1. The van der Waals surface area contributed by atoms with Crippen molar-refractivity contribution in [1.82, 2.24) is 25.1 Å². The second kappa shape index (κ2) is 12.1. The standard InChI is InChI=1S/C34H38ClN9O3/c1-18(2)44-27-9-6-21(13-20(27)14-30(44)46)38-32-25(35)16-36-34(40-32)43-12-11-26(19(3)17-43)37-22-5-7-23-28(15-22)42(4)41-31(23)24-8-10-29(45)39-33(24)47/h5-7,9,13,15-16,18-19,24,26,37H,8,10-12,14,17H2,1-4H3,(H,36,38,40)(H,39,45,47)/t19-,24?,26-/m1/s1. The number of piperidine rings is 2. The summed E-state index contributed by atoms with van der Waals surface area (Å²) in [4.78, 5) is 50.1. The van der Waals surface area contributed by atoms with Crippen molar-refractivity contribution >= 4 is 69.1 Å². The molecule has 0 spiro atoms. The van der Waals surface area contributed by atoms with Gasteiger partial charge in [0.15, 0.2) is 5.82 Å². The molecule has 1 unspecified atom stereocenters. The highest BCUT2D eigenvalue weighted by Gasteiger charge is 2.33. The van der Waals surface area contributed by atoms with Gasteiger partial charge >= 0.3 is 0 Å². The van der Waals surface area contributed by atoms with Gasteiger partial charge in [-0.05, 0) is 74.6 Å². The lowest BCUT2D eigenvalue weighted by atomic mass is 9.92. The second-order valence-electron chi connectivity index (χ2n) is 13.1. The summed E-state index contributed by atoms with van der Waals surface area (Å²) in [5.74, 6) is 0.593. The zero-order valence-electron chi connectivity index (χ0n) is 26.9. The number of amides is 3. The van der Waals surface area contributed by atoms with Crippen LogP contribution in [0.3, 0.4) is 0 Å². The highest BCUT2D eigenvalue weighted by Crippen LogP contribution is 2.35. The smallest absolute Gasteiger partial charge is 0.235 e. The Morgan fingerprint density at radius 2 is 1.87 bits per heavy atom. The van der Waals surface area contributed by atoms with Crippen LogP contribution >= 0.6 is 11.6 Å². The van der Waals surface area contributed by atoms with Crippen molar-refractivity contribution in [2.75, 3.05) is 33.5 Å². The number of nitrogens with one attached hydrogen (secondary N) is 3. The van der Waals surface area contributed by atoms with Gasteiger partial charge in [0.05, 0.1) is 29.7 Å². The van der Waals surface area contributed by atoms with Gasteiger partial charge in [-0.2, -0.15) is 10.1 Å². The van der Waals surface area contributed by atoms with E-state index in [2.05, 4.69) is 43.9 Å². The first-order valence-corrected chi connectivity index (χ1v) is 16.5. The van der Waals surface area contributed by atoms with Gasteiger partial charge in [-0.1, -0.05) is 18.5 Å². The summed E-state index contributed by atoms with van der Waals surface area (Å²) >= 11 is 6.53. The summed E-state index contributed by atoms with van der Waals surface area (Å²) in [6.45, 7) is 7.78. The van der Waals surface area contributed by atoms with Crippen molar-refractivity contribution in [3.8, 4) is 0 Å². The normalized spacial score (nSPS) is 21.4. The molecule has 2 aromatic heterocycles. The molecule has 13 heteroatoms. The number of anilines is 5. The average molecular weight is 656 g/mol. The van der Waals surface area contributed by atoms with Crippen molar-refractivity contribution < 1.29 is 14.4 Å². The van der Waals surface area contributed by atoms with E-state index in [1.807, 2.05) is 56.1 Å². The maximum absolute atomic E-state index is 12.5. The molecule has 2 fully saturated rings. The fourth-order valence-corrected chi connectivity index (χ4v) is 7.20. The summed E-state index contributed by atoms with van der Waals surface area (Å²) in [6, 6.07) is 12.4. The number of hydrogen-bond acceptors (Lipinski definition) is 9. The fraction of sp³-hybridized carbons (Fsp3) is 0.412. The maximum Gasteiger partial charge on any atom is 0.235 e. The molecule has 7 rings (SSSR count). The summed E-state index contributed by atoms with van der Waals surface area (Å²) in [7, 11) is 1.88.